The first kappa shape index (κ1) is 14.2. The Hall–Kier alpha value is 0.230. The van der Waals surface area contributed by atoms with Crippen LogP contribution in [0.2, 0.25) is 0 Å². The topological polar surface area (TPSA) is 38.7 Å². The highest BCUT2D eigenvalue weighted by atomic mass is 32.2. The molecule has 0 aromatic rings. The minimum atomic E-state index is -0.351. The van der Waals surface area contributed by atoms with Crippen molar-refractivity contribution < 1.29 is 14.6 Å². The van der Waals surface area contributed by atoms with E-state index in [2.05, 4.69) is 13.8 Å². The monoisotopic (exact) mass is 222 g/mol. The van der Waals surface area contributed by atoms with Gasteiger partial charge in [0.25, 0.3) is 0 Å². The van der Waals surface area contributed by atoms with E-state index in [-0.39, 0.29) is 6.10 Å². The van der Waals surface area contributed by atoms with Crippen LogP contribution in [0.5, 0.6) is 0 Å². The fraction of sp³-hybridized carbons (Fsp3) is 1.00. The summed E-state index contributed by atoms with van der Waals surface area (Å²) in [5.74, 6) is 2.53. The third-order valence-electron chi connectivity index (χ3n) is 1.50. The molecule has 0 aliphatic rings. The van der Waals surface area contributed by atoms with E-state index >= 15 is 0 Å². The molecule has 0 spiro atoms. The van der Waals surface area contributed by atoms with Crippen LogP contribution in [0.15, 0.2) is 0 Å². The Kier molecular flexibility index (Phi) is 9.93. The number of aliphatic hydroxyl groups is 1. The van der Waals surface area contributed by atoms with Crippen LogP contribution < -0.4 is 0 Å². The predicted octanol–water partition coefficient (Wildman–Crippen LogP) is 1.40. The number of thioether (sulfide) groups is 1. The zero-order valence-corrected chi connectivity index (χ0v) is 10.2. The lowest BCUT2D eigenvalue weighted by Gasteiger charge is -2.11. The van der Waals surface area contributed by atoms with Gasteiger partial charge in [0.15, 0.2) is 0 Å². The Balaban J connectivity index is 3.15. The lowest BCUT2D eigenvalue weighted by Crippen LogP contribution is -2.20. The van der Waals surface area contributed by atoms with Crippen molar-refractivity contribution in [3.05, 3.63) is 0 Å². The van der Waals surface area contributed by atoms with Crippen LogP contribution in [0.4, 0.5) is 0 Å². The summed E-state index contributed by atoms with van der Waals surface area (Å²) in [6, 6.07) is 0. The second-order valence-electron chi connectivity index (χ2n) is 3.65. The summed E-state index contributed by atoms with van der Waals surface area (Å²) in [7, 11) is 1.64. The van der Waals surface area contributed by atoms with Crippen molar-refractivity contribution in [1.29, 1.82) is 0 Å². The van der Waals surface area contributed by atoms with Crippen molar-refractivity contribution >= 4 is 11.8 Å². The molecule has 0 aliphatic heterocycles. The number of methoxy groups -OCH3 is 1. The van der Waals surface area contributed by atoms with Crippen LogP contribution in [0.3, 0.4) is 0 Å². The molecule has 0 heterocycles. The fourth-order valence-corrected chi connectivity index (χ4v) is 1.83. The number of aliphatic hydroxyl groups excluding tert-OH is 1. The fourth-order valence-electron chi connectivity index (χ4n) is 0.850. The zero-order valence-electron chi connectivity index (χ0n) is 9.36. The Labute approximate surface area is 91.2 Å². The van der Waals surface area contributed by atoms with Crippen LogP contribution in [0, 0.1) is 5.92 Å². The van der Waals surface area contributed by atoms with Gasteiger partial charge < -0.3 is 14.6 Å². The molecule has 1 unspecified atom stereocenters. The molecule has 0 bridgehead atoms. The quantitative estimate of drug-likeness (QED) is 0.599. The molecule has 0 aliphatic carbocycles. The molecular formula is C10H22O3S. The maximum absolute atomic E-state index is 9.47. The molecule has 86 valence electrons. The number of ether oxygens (including phenoxy) is 2. The van der Waals surface area contributed by atoms with Gasteiger partial charge in [-0.2, -0.15) is 11.8 Å². The Morgan fingerprint density at radius 2 is 1.93 bits per heavy atom. The van der Waals surface area contributed by atoms with E-state index in [0.29, 0.717) is 25.7 Å². The highest BCUT2D eigenvalue weighted by Crippen LogP contribution is 2.08. The first-order chi connectivity index (χ1) is 6.66. The van der Waals surface area contributed by atoms with Crippen LogP contribution in [-0.4, -0.2) is 49.6 Å². The van der Waals surface area contributed by atoms with E-state index in [1.54, 1.807) is 18.9 Å². The van der Waals surface area contributed by atoms with Crippen LogP contribution in [0.1, 0.15) is 13.8 Å². The van der Waals surface area contributed by atoms with Crippen LogP contribution in [0.25, 0.3) is 0 Å². The van der Waals surface area contributed by atoms with Gasteiger partial charge in [-0.15, -0.1) is 0 Å². The number of hydrogen-bond acceptors (Lipinski definition) is 4. The van der Waals surface area contributed by atoms with Crippen molar-refractivity contribution in [2.75, 3.05) is 38.4 Å². The van der Waals surface area contributed by atoms with Gasteiger partial charge in [0, 0.05) is 12.9 Å². The van der Waals surface area contributed by atoms with Crippen molar-refractivity contribution in [2.45, 2.75) is 20.0 Å². The van der Waals surface area contributed by atoms with Gasteiger partial charge in [-0.05, 0) is 11.7 Å². The van der Waals surface area contributed by atoms with E-state index in [0.717, 1.165) is 11.5 Å². The van der Waals surface area contributed by atoms with E-state index in [1.807, 2.05) is 0 Å². The van der Waals surface area contributed by atoms with Gasteiger partial charge >= 0.3 is 0 Å². The molecule has 1 N–H and O–H groups in total. The van der Waals surface area contributed by atoms with Crippen LogP contribution >= 0.6 is 11.8 Å². The second-order valence-corrected chi connectivity index (χ2v) is 4.73. The molecule has 1 atom stereocenters. The molecule has 0 amide bonds. The number of hydrogen-bond donors (Lipinski definition) is 1. The predicted molar refractivity (Wildman–Crippen MR) is 60.9 cm³/mol. The summed E-state index contributed by atoms with van der Waals surface area (Å²) in [6.45, 7) is 5.91. The van der Waals surface area contributed by atoms with Gasteiger partial charge in [0.05, 0.1) is 25.9 Å². The summed E-state index contributed by atoms with van der Waals surface area (Å²) in [5.41, 5.74) is 0. The molecule has 0 fully saturated rings. The SMILES string of the molecule is COCCOCC(O)CSCC(C)C. The normalized spacial score (nSPS) is 13.5. The Morgan fingerprint density at radius 3 is 2.50 bits per heavy atom. The lowest BCUT2D eigenvalue weighted by atomic mass is 10.3. The lowest BCUT2D eigenvalue weighted by molar-refractivity contribution is 0.0218. The second kappa shape index (κ2) is 9.77. The highest BCUT2D eigenvalue weighted by Gasteiger charge is 2.04. The van der Waals surface area contributed by atoms with Gasteiger partial charge in [-0.1, -0.05) is 13.8 Å². The maximum Gasteiger partial charge on any atom is 0.0863 e. The van der Waals surface area contributed by atoms with Crippen LogP contribution in [-0.2, 0) is 9.47 Å². The highest BCUT2D eigenvalue weighted by molar-refractivity contribution is 7.99. The van der Waals surface area contributed by atoms with Crippen molar-refractivity contribution in [3.8, 4) is 0 Å². The average Bonchev–Trinajstić information content (AvgIpc) is 2.12. The molecule has 0 saturated heterocycles. The summed E-state index contributed by atoms with van der Waals surface area (Å²) in [6.07, 6.45) is -0.351. The molecule has 0 radical (unpaired) electrons. The molecular weight excluding hydrogens is 200 g/mol. The third-order valence-corrected chi connectivity index (χ3v) is 3.03. The van der Waals surface area contributed by atoms with Crippen molar-refractivity contribution in [2.24, 2.45) is 5.92 Å². The third kappa shape index (κ3) is 10.3. The molecule has 0 saturated carbocycles. The molecule has 0 rings (SSSR count). The largest absolute Gasteiger partial charge is 0.390 e. The standard InChI is InChI=1S/C10H22O3S/c1-9(2)7-14-8-10(11)6-13-5-4-12-3/h9-11H,4-8H2,1-3H3. The summed E-state index contributed by atoms with van der Waals surface area (Å²) in [5, 5.41) is 9.47. The number of rotatable bonds is 9. The van der Waals surface area contributed by atoms with E-state index in [9.17, 15) is 5.11 Å². The van der Waals surface area contributed by atoms with E-state index < -0.39 is 0 Å². The molecule has 0 aromatic carbocycles. The minimum absolute atomic E-state index is 0.351. The van der Waals surface area contributed by atoms with Gasteiger partial charge in [-0.25, -0.2) is 0 Å². The zero-order chi connectivity index (χ0) is 10.8. The summed E-state index contributed by atoms with van der Waals surface area (Å²) < 4.78 is 10.0. The molecule has 0 aromatic heterocycles. The van der Waals surface area contributed by atoms with Gasteiger partial charge in [0.1, 0.15) is 0 Å². The van der Waals surface area contributed by atoms with Gasteiger partial charge in [0.2, 0.25) is 0 Å². The smallest absolute Gasteiger partial charge is 0.0863 e. The van der Waals surface area contributed by atoms with Gasteiger partial charge in [-0.3, -0.25) is 0 Å². The molecule has 14 heavy (non-hydrogen) atoms. The summed E-state index contributed by atoms with van der Waals surface area (Å²) >= 11 is 1.77. The average molecular weight is 222 g/mol. The van der Waals surface area contributed by atoms with Crippen molar-refractivity contribution in [3.63, 3.8) is 0 Å². The maximum atomic E-state index is 9.47. The van der Waals surface area contributed by atoms with Crippen molar-refractivity contribution in [1.82, 2.24) is 0 Å². The Morgan fingerprint density at radius 1 is 1.21 bits per heavy atom. The summed E-state index contributed by atoms with van der Waals surface area (Å²) in [4.78, 5) is 0. The minimum Gasteiger partial charge on any atom is -0.390 e. The molecule has 4 heteroatoms. The first-order valence-electron chi connectivity index (χ1n) is 4.99. The van der Waals surface area contributed by atoms with E-state index in [1.165, 1.54) is 0 Å². The Bertz CT molecular complexity index is 120. The molecule has 3 nitrogen and oxygen atoms in total. The van der Waals surface area contributed by atoms with E-state index in [4.69, 9.17) is 9.47 Å². The first-order valence-corrected chi connectivity index (χ1v) is 6.14.